The fourth-order valence-electron chi connectivity index (χ4n) is 3.02. The molecule has 6 heteroatoms. The van der Waals surface area contributed by atoms with Crippen LogP contribution in [0.2, 0.25) is 0 Å². The van der Waals surface area contributed by atoms with Crippen molar-refractivity contribution in [1.29, 1.82) is 0 Å². The Kier molecular flexibility index (Phi) is 8.69. The van der Waals surface area contributed by atoms with Crippen LogP contribution in [0.4, 0.5) is 4.39 Å². The number of piperidine rings is 1. The van der Waals surface area contributed by atoms with Crippen LogP contribution in [-0.2, 0) is 11.3 Å². The van der Waals surface area contributed by atoms with Crippen molar-refractivity contribution < 1.29 is 9.13 Å². The molecule has 1 saturated heterocycles. The van der Waals surface area contributed by atoms with E-state index in [0.717, 1.165) is 50.9 Å². The minimum Gasteiger partial charge on any atom is -0.383 e. The highest BCUT2D eigenvalue weighted by Crippen LogP contribution is 2.16. The largest absolute Gasteiger partial charge is 0.383 e. The van der Waals surface area contributed by atoms with Gasteiger partial charge < -0.3 is 20.3 Å². The molecular formula is C19H31FN4O. The van der Waals surface area contributed by atoms with Gasteiger partial charge >= 0.3 is 0 Å². The van der Waals surface area contributed by atoms with Crippen LogP contribution in [0.15, 0.2) is 29.3 Å². The van der Waals surface area contributed by atoms with Crippen molar-refractivity contribution in [1.82, 2.24) is 15.5 Å². The maximum atomic E-state index is 13.2. The molecule has 0 radical (unpaired) electrons. The number of nitrogens with zero attached hydrogens (tertiary/aromatic N) is 2. The number of hydrogen-bond donors (Lipinski definition) is 2. The number of rotatable bonds is 8. The smallest absolute Gasteiger partial charge is 0.191 e. The zero-order valence-corrected chi connectivity index (χ0v) is 15.4. The second-order valence-corrected chi connectivity index (χ2v) is 6.48. The van der Waals surface area contributed by atoms with Crippen LogP contribution in [0.5, 0.6) is 0 Å². The maximum absolute atomic E-state index is 13.2. The first-order valence-corrected chi connectivity index (χ1v) is 9.19. The van der Waals surface area contributed by atoms with Crippen molar-refractivity contribution >= 4 is 5.96 Å². The fraction of sp³-hybridized carbons (Fsp3) is 0.632. The first-order valence-electron chi connectivity index (χ1n) is 9.19. The third-order valence-electron chi connectivity index (χ3n) is 4.53. The quantitative estimate of drug-likeness (QED) is 0.558. The monoisotopic (exact) mass is 350 g/mol. The van der Waals surface area contributed by atoms with Crippen molar-refractivity contribution in [2.45, 2.75) is 26.3 Å². The van der Waals surface area contributed by atoms with Gasteiger partial charge in [-0.1, -0.05) is 12.1 Å². The molecule has 5 nitrogen and oxygen atoms in total. The molecule has 0 spiro atoms. The Morgan fingerprint density at radius 2 is 2.12 bits per heavy atom. The van der Waals surface area contributed by atoms with E-state index in [1.54, 1.807) is 13.2 Å². The number of ether oxygens (including phenoxy) is 1. The van der Waals surface area contributed by atoms with Gasteiger partial charge in [0, 0.05) is 26.7 Å². The van der Waals surface area contributed by atoms with Crippen LogP contribution >= 0.6 is 0 Å². The lowest BCUT2D eigenvalue weighted by molar-refractivity contribution is 0.121. The van der Waals surface area contributed by atoms with Crippen LogP contribution < -0.4 is 10.6 Å². The number of nitrogens with one attached hydrogen (secondary N) is 2. The van der Waals surface area contributed by atoms with Crippen molar-refractivity contribution in [3.63, 3.8) is 0 Å². The molecule has 1 aromatic carbocycles. The van der Waals surface area contributed by atoms with Crippen LogP contribution in [-0.4, -0.2) is 57.3 Å². The molecule has 1 aliphatic heterocycles. The summed E-state index contributed by atoms with van der Waals surface area (Å²) in [4.78, 5) is 7.03. The van der Waals surface area contributed by atoms with Gasteiger partial charge in [0.25, 0.3) is 0 Å². The van der Waals surface area contributed by atoms with Gasteiger partial charge in [0.15, 0.2) is 5.96 Å². The molecule has 0 unspecified atom stereocenters. The van der Waals surface area contributed by atoms with E-state index in [1.807, 2.05) is 13.0 Å². The lowest BCUT2D eigenvalue weighted by Gasteiger charge is -2.32. The van der Waals surface area contributed by atoms with Gasteiger partial charge in [0.2, 0.25) is 0 Å². The van der Waals surface area contributed by atoms with E-state index in [0.29, 0.717) is 12.5 Å². The summed E-state index contributed by atoms with van der Waals surface area (Å²) in [6.07, 6.45) is 2.39. The van der Waals surface area contributed by atoms with Gasteiger partial charge in [-0.3, -0.25) is 0 Å². The number of guanidine groups is 1. The predicted octanol–water partition coefficient (Wildman–Crippen LogP) is 2.24. The normalized spacial score (nSPS) is 16.8. The number of aliphatic imine (C=N–C) groups is 1. The van der Waals surface area contributed by atoms with Crippen LogP contribution in [0, 0.1) is 11.7 Å². The van der Waals surface area contributed by atoms with E-state index in [1.165, 1.54) is 25.0 Å². The highest BCUT2D eigenvalue weighted by atomic mass is 19.1. The average molecular weight is 350 g/mol. The van der Waals surface area contributed by atoms with Crippen molar-refractivity contribution in [2.24, 2.45) is 10.9 Å². The summed E-state index contributed by atoms with van der Waals surface area (Å²) in [6, 6.07) is 6.60. The van der Waals surface area contributed by atoms with Gasteiger partial charge in [-0.05, 0) is 56.5 Å². The van der Waals surface area contributed by atoms with E-state index in [-0.39, 0.29) is 5.82 Å². The van der Waals surface area contributed by atoms with E-state index < -0.39 is 0 Å². The summed E-state index contributed by atoms with van der Waals surface area (Å²) in [6.45, 7) is 8.35. The standard InChI is InChI=1S/C19H31FN4O/c1-3-21-19(23-15-17-5-4-6-18(20)13-17)22-14-16-7-9-24(10-8-16)11-12-25-2/h4-6,13,16H,3,7-12,14-15H2,1-2H3,(H2,21,22,23). The Bertz CT molecular complexity index is 530. The average Bonchev–Trinajstić information content (AvgIpc) is 2.63. The Morgan fingerprint density at radius 3 is 2.80 bits per heavy atom. The van der Waals surface area contributed by atoms with Gasteiger partial charge in [-0.25, -0.2) is 9.38 Å². The molecule has 0 aliphatic carbocycles. The van der Waals surface area contributed by atoms with Gasteiger partial charge in [-0.15, -0.1) is 0 Å². The predicted molar refractivity (Wildman–Crippen MR) is 100 cm³/mol. The van der Waals surface area contributed by atoms with Crippen LogP contribution in [0.3, 0.4) is 0 Å². The topological polar surface area (TPSA) is 48.9 Å². The Morgan fingerprint density at radius 1 is 1.32 bits per heavy atom. The second kappa shape index (κ2) is 11.1. The minimum absolute atomic E-state index is 0.217. The highest BCUT2D eigenvalue weighted by Gasteiger charge is 2.18. The molecular weight excluding hydrogens is 319 g/mol. The van der Waals surface area contributed by atoms with Crippen molar-refractivity contribution in [3.05, 3.63) is 35.6 Å². The van der Waals surface area contributed by atoms with Crippen molar-refractivity contribution in [2.75, 3.05) is 46.4 Å². The summed E-state index contributed by atoms with van der Waals surface area (Å²) in [5.74, 6) is 1.25. The van der Waals surface area contributed by atoms with Crippen molar-refractivity contribution in [3.8, 4) is 0 Å². The number of halogens is 1. The summed E-state index contributed by atoms with van der Waals surface area (Å²) in [7, 11) is 1.75. The van der Waals surface area contributed by atoms with E-state index in [4.69, 9.17) is 4.74 Å². The molecule has 1 aromatic rings. The molecule has 1 heterocycles. The molecule has 2 N–H and O–H groups in total. The SMILES string of the molecule is CCNC(=NCc1cccc(F)c1)NCC1CCN(CCOC)CC1. The first-order chi connectivity index (χ1) is 12.2. The second-order valence-electron chi connectivity index (χ2n) is 6.48. The molecule has 2 rings (SSSR count). The molecule has 140 valence electrons. The Hall–Kier alpha value is -1.66. The minimum atomic E-state index is -0.217. The number of methoxy groups -OCH3 is 1. The highest BCUT2D eigenvalue weighted by molar-refractivity contribution is 5.79. The van der Waals surface area contributed by atoms with E-state index >= 15 is 0 Å². The zero-order valence-electron chi connectivity index (χ0n) is 15.4. The molecule has 0 bridgehead atoms. The molecule has 0 saturated carbocycles. The van der Waals surface area contributed by atoms with Crippen LogP contribution in [0.25, 0.3) is 0 Å². The maximum Gasteiger partial charge on any atom is 0.191 e. The third-order valence-corrected chi connectivity index (χ3v) is 4.53. The molecule has 0 atom stereocenters. The lowest BCUT2D eigenvalue weighted by atomic mass is 9.97. The summed E-state index contributed by atoms with van der Waals surface area (Å²) >= 11 is 0. The van der Waals surface area contributed by atoms with Gasteiger partial charge in [0.1, 0.15) is 5.82 Å². The molecule has 0 amide bonds. The molecule has 25 heavy (non-hydrogen) atoms. The zero-order chi connectivity index (χ0) is 17.9. The first kappa shape index (κ1) is 19.7. The lowest BCUT2D eigenvalue weighted by Crippen LogP contribution is -2.43. The Balaban J connectivity index is 1.76. The van der Waals surface area contributed by atoms with Gasteiger partial charge in [-0.2, -0.15) is 0 Å². The van der Waals surface area contributed by atoms with E-state index in [2.05, 4.69) is 20.5 Å². The van der Waals surface area contributed by atoms with E-state index in [9.17, 15) is 4.39 Å². The number of benzene rings is 1. The number of hydrogen-bond acceptors (Lipinski definition) is 3. The number of likely N-dealkylation sites (tertiary alicyclic amines) is 1. The fourth-order valence-corrected chi connectivity index (χ4v) is 3.02. The molecule has 0 aromatic heterocycles. The summed E-state index contributed by atoms with van der Waals surface area (Å²) < 4.78 is 18.4. The summed E-state index contributed by atoms with van der Waals surface area (Å²) in [5, 5.41) is 6.70. The third kappa shape index (κ3) is 7.40. The van der Waals surface area contributed by atoms with Gasteiger partial charge in [0.05, 0.1) is 13.2 Å². The molecule has 1 aliphatic rings. The van der Waals surface area contributed by atoms with Crippen LogP contribution in [0.1, 0.15) is 25.3 Å². The summed E-state index contributed by atoms with van der Waals surface area (Å²) in [5.41, 5.74) is 0.878. The molecule has 1 fully saturated rings. The Labute approximate surface area is 150 Å².